The fraction of sp³-hybridized carbons (Fsp3) is 0.500. The van der Waals surface area contributed by atoms with Crippen LogP contribution in [-0.2, 0) is 0 Å². The maximum absolute atomic E-state index is 11.8. The molecular formula is C14H22N2O2. The smallest absolute Gasteiger partial charge is 0.319 e. The van der Waals surface area contributed by atoms with Gasteiger partial charge < -0.3 is 15.7 Å². The molecule has 0 aromatic heterocycles. The van der Waals surface area contributed by atoms with E-state index in [0.717, 1.165) is 17.7 Å². The number of urea groups is 1. The van der Waals surface area contributed by atoms with E-state index >= 15 is 0 Å². The van der Waals surface area contributed by atoms with Crippen molar-refractivity contribution >= 4 is 11.7 Å². The summed E-state index contributed by atoms with van der Waals surface area (Å²) < 4.78 is 0. The van der Waals surface area contributed by atoms with Crippen molar-refractivity contribution in [1.82, 2.24) is 5.32 Å². The van der Waals surface area contributed by atoms with Gasteiger partial charge in [-0.15, -0.1) is 0 Å². The Balaban J connectivity index is 2.53. The molecule has 0 fully saturated rings. The number of anilines is 1. The second kappa shape index (κ2) is 7.01. The molecule has 1 aromatic carbocycles. The lowest BCUT2D eigenvalue weighted by molar-refractivity contribution is 0.214. The van der Waals surface area contributed by atoms with Gasteiger partial charge in [0.2, 0.25) is 0 Å². The number of carbonyl (C=O) groups excluding carboxylic acids is 1. The number of benzene rings is 1. The van der Waals surface area contributed by atoms with Crippen LogP contribution in [0.4, 0.5) is 10.5 Å². The third-order valence-corrected chi connectivity index (χ3v) is 2.70. The molecule has 0 saturated carbocycles. The van der Waals surface area contributed by atoms with Gasteiger partial charge in [-0.3, -0.25) is 0 Å². The van der Waals surface area contributed by atoms with Gasteiger partial charge in [-0.1, -0.05) is 32.0 Å². The summed E-state index contributed by atoms with van der Waals surface area (Å²) in [6, 6.07) is 7.12. The van der Waals surface area contributed by atoms with Crippen LogP contribution in [0, 0.1) is 12.8 Å². The van der Waals surface area contributed by atoms with Crippen LogP contribution >= 0.6 is 0 Å². The second-order valence-electron chi connectivity index (χ2n) is 4.92. The van der Waals surface area contributed by atoms with E-state index in [1.54, 1.807) is 0 Å². The summed E-state index contributed by atoms with van der Waals surface area (Å²) in [6.07, 6.45) is 0.762. The zero-order chi connectivity index (χ0) is 13.5. The van der Waals surface area contributed by atoms with Gasteiger partial charge in [0, 0.05) is 5.69 Å². The van der Waals surface area contributed by atoms with Crippen LogP contribution in [0.1, 0.15) is 25.8 Å². The minimum Gasteiger partial charge on any atom is -0.394 e. The predicted molar refractivity (Wildman–Crippen MR) is 73.7 cm³/mol. The van der Waals surface area contributed by atoms with E-state index in [1.807, 2.05) is 31.2 Å². The molecule has 1 atom stereocenters. The van der Waals surface area contributed by atoms with Gasteiger partial charge in [0.15, 0.2) is 0 Å². The highest BCUT2D eigenvalue weighted by molar-refractivity contribution is 5.90. The standard InChI is InChI=1S/C14H22N2O2/c1-10(2)8-12(9-17)15-14(18)16-13-7-5-4-6-11(13)3/h4-7,10,12,17H,8-9H2,1-3H3,(H2,15,16,18). The summed E-state index contributed by atoms with van der Waals surface area (Å²) in [7, 11) is 0. The molecular weight excluding hydrogens is 228 g/mol. The predicted octanol–water partition coefficient (Wildman–Crippen LogP) is 2.52. The maximum Gasteiger partial charge on any atom is 0.319 e. The van der Waals surface area contributed by atoms with E-state index in [1.165, 1.54) is 0 Å². The number of amides is 2. The molecule has 1 unspecified atom stereocenters. The average Bonchev–Trinajstić information content (AvgIpc) is 2.30. The zero-order valence-electron chi connectivity index (χ0n) is 11.2. The molecule has 0 aliphatic rings. The van der Waals surface area contributed by atoms with Gasteiger partial charge in [-0.2, -0.15) is 0 Å². The van der Waals surface area contributed by atoms with E-state index < -0.39 is 0 Å². The fourth-order valence-electron chi connectivity index (χ4n) is 1.81. The molecule has 0 bridgehead atoms. The molecule has 100 valence electrons. The molecule has 0 spiro atoms. The number of para-hydroxylation sites is 1. The lowest BCUT2D eigenvalue weighted by Crippen LogP contribution is -2.41. The summed E-state index contributed by atoms with van der Waals surface area (Å²) in [5.74, 6) is 0.431. The third-order valence-electron chi connectivity index (χ3n) is 2.70. The summed E-state index contributed by atoms with van der Waals surface area (Å²) >= 11 is 0. The van der Waals surface area contributed by atoms with Gasteiger partial charge in [0.25, 0.3) is 0 Å². The van der Waals surface area contributed by atoms with E-state index in [0.29, 0.717) is 5.92 Å². The van der Waals surface area contributed by atoms with Crippen molar-refractivity contribution in [3.63, 3.8) is 0 Å². The Bertz CT molecular complexity index is 391. The van der Waals surface area contributed by atoms with Gasteiger partial charge in [0.1, 0.15) is 0 Å². The maximum atomic E-state index is 11.8. The Morgan fingerprint density at radius 3 is 2.56 bits per heavy atom. The van der Waals surface area contributed by atoms with Crippen LogP contribution in [0.25, 0.3) is 0 Å². The van der Waals surface area contributed by atoms with Crippen molar-refractivity contribution in [2.24, 2.45) is 5.92 Å². The SMILES string of the molecule is Cc1ccccc1NC(=O)NC(CO)CC(C)C. The van der Waals surface area contributed by atoms with Crippen LogP contribution in [0.3, 0.4) is 0 Å². The largest absolute Gasteiger partial charge is 0.394 e. The quantitative estimate of drug-likeness (QED) is 0.752. The second-order valence-corrected chi connectivity index (χ2v) is 4.92. The summed E-state index contributed by atoms with van der Waals surface area (Å²) in [5.41, 5.74) is 1.80. The molecule has 3 N–H and O–H groups in total. The van der Waals surface area contributed by atoms with Crippen LogP contribution in [0.2, 0.25) is 0 Å². The van der Waals surface area contributed by atoms with Gasteiger partial charge in [-0.25, -0.2) is 4.79 Å². The first kappa shape index (κ1) is 14.5. The van der Waals surface area contributed by atoms with Gasteiger partial charge >= 0.3 is 6.03 Å². The fourth-order valence-corrected chi connectivity index (χ4v) is 1.81. The molecule has 4 heteroatoms. The van der Waals surface area contributed by atoms with Crippen molar-refractivity contribution in [3.8, 4) is 0 Å². The summed E-state index contributed by atoms with van der Waals surface area (Å²) in [4.78, 5) is 11.8. The number of rotatable bonds is 5. The first-order valence-corrected chi connectivity index (χ1v) is 6.27. The van der Waals surface area contributed by atoms with Crippen molar-refractivity contribution in [2.45, 2.75) is 33.2 Å². The van der Waals surface area contributed by atoms with Gasteiger partial charge in [0.05, 0.1) is 12.6 Å². The molecule has 0 radical (unpaired) electrons. The topological polar surface area (TPSA) is 61.4 Å². The molecule has 4 nitrogen and oxygen atoms in total. The van der Waals surface area contributed by atoms with Crippen molar-refractivity contribution in [3.05, 3.63) is 29.8 Å². The number of carbonyl (C=O) groups is 1. The lowest BCUT2D eigenvalue weighted by atomic mass is 10.0. The highest BCUT2D eigenvalue weighted by Crippen LogP contribution is 2.13. The number of hydrogen-bond acceptors (Lipinski definition) is 2. The normalized spacial score (nSPS) is 12.3. The third kappa shape index (κ3) is 4.75. The first-order valence-electron chi connectivity index (χ1n) is 6.27. The van der Waals surface area contributed by atoms with Crippen molar-refractivity contribution < 1.29 is 9.90 Å². The van der Waals surface area contributed by atoms with E-state index in [-0.39, 0.29) is 18.7 Å². The zero-order valence-corrected chi connectivity index (χ0v) is 11.2. The first-order chi connectivity index (χ1) is 8.52. The van der Waals surface area contributed by atoms with E-state index in [9.17, 15) is 9.90 Å². The number of aliphatic hydroxyl groups excluding tert-OH is 1. The molecule has 0 aliphatic carbocycles. The molecule has 0 saturated heterocycles. The molecule has 18 heavy (non-hydrogen) atoms. The van der Waals surface area contributed by atoms with Crippen LogP contribution in [0.15, 0.2) is 24.3 Å². The van der Waals surface area contributed by atoms with Crippen LogP contribution in [-0.4, -0.2) is 23.8 Å². The minimum absolute atomic E-state index is 0.0423. The number of nitrogens with one attached hydrogen (secondary N) is 2. The van der Waals surface area contributed by atoms with E-state index in [4.69, 9.17) is 0 Å². The number of aliphatic hydroxyl groups is 1. The summed E-state index contributed by atoms with van der Waals surface area (Å²) in [6.45, 7) is 6.01. The van der Waals surface area contributed by atoms with E-state index in [2.05, 4.69) is 24.5 Å². The Hall–Kier alpha value is -1.55. The molecule has 1 rings (SSSR count). The minimum atomic E-state index is -0.274. The Morgan fingerprint density at radius 2 is 2.00 bits per heavy atom. The molecule has 0 heterocycles. The van der Waals surface area contributed by atoms with Crippen LogP contribution < -0.4 is 10.6 Å². The van der Waals surface area contributed by atoms with Gasteiger partial charge in [-0.05, 0) is 30.9 Å². The molecule has 1 aromatic rings. The van der Waals surface area contributed by atoms with Crippen LogP contribution in [0.5, 0.6) is 0 Å². The highest BCUT2D eigenvalue weighted by Gasteiger charge is 2.13. The average molecular weight is 250 g/mol. The lowest BCUT2D eigenvalue weighted by Gasteiger charge is -2.19. The Labute approximate surface area is 108 Å². The van der Waals surface area contributed by atoms with Crippen molar-refractivity contribution in [2.75, 3.05) is 11.9 Å². The molecule has 2 amide bonds. The Kier molecular flexibility index (Phi) is 5.65. The highest BCUT2D eigenvalue weighted by atomic mass is 16.3. The molecule has 0 aliphatic heterocycles. The monoisotopic (exact) mass is 250 g/mol. The summed E-state index contributed by atoms with van der Waals surface area (Å²) in [5, 5.41) is 14.8. The van der Waals surface area contributed by atoms with Crippen molar-refractivity contribution in [1.29, 1.82) is 0 Å². The number of hydrogen-bond donors (Lipinski definition) is 3. The number of aryl methyl sites for hydroxylation is 1. The Morgan fingerprint density at radius 1 is 1.33 bits per heavy atom.